The highest BCUT2D eigenvalue weighted by Crippen LogP contribution is 2.29. The molecule has 14 heteroatoms. The van der Waals surface area contributed by atoms with Gasteiger partial charge in [0.25, 0.3) is 0 Å². The summed E-state index contributed by atoms with van der Waals surface area (Å²) in [5, 5.41) is 84.9. The summed E-state index contributed by atoms with van der Waals surface area (Å²) in [4.78, 5) is 12.7. The van der Waals surface area contributed by atoms with Gasteiger partial charge in [-0.1, -0.05) is 77.4 Å². The van der Waals surface area contributed by atoms with E-state index in [4.69, 9.17) is 18.9 Å². The van der Waals surface area contributed by atoms with Crippen molar-refractivity contribution in [2.45, 2.75) is 158 Å². The number of unbranched alkanes of at least 4 members (excludes halogenated alkanes) is 8. The van der Waals surface area contributed by atoms with Crippen molar-refractivity contribution in [1.82, 2.24) is 5.32 Å². The van der Waals surface area contributed by atoms with E-state index in [9.17, 15) is 45.6 Å². The molecule has 0 aliphatic carbocycles. The van der Waals surface area contributed by atoms with Gasteiger partial charge >= 0.3 is 0 Å². The van der Waals surface area contributed by atoms with Gasteiger partial charge in [0.05, 0.1) is 32.0 Å². The number of carbonyl (C=O) groups is 1. The molecule has 12 unspecified atom stereocenters. The fraction of sp³-hybridized carbons (Fsp3) is 0.903. The Morgan fingerprint density at radius 3 is 2.00 bits per heavy atom. The SMILES string of the molecule is CCC/C=C/C(O)C(COC1OC(CO)C(OC2OC(CO)C(O)C(O)C2O)C(O)C1O)NC(=O)CCCCCCCCCC. The first-order valence-corrected chi connectivity index (χ1v) is 16.4. The summed E-state index contributed by atoms with van der Waals surface area (Å²) in [6, 6.07) is -0.900. The molecule has 2 rings (SSSR count). The number of allylic oxidation sites excluding steroid dienone is 1. The van der Waals surface area contributed by atoms with Crippen LogP contribution in [0.25, 0.3) is 0 Å². The lowest BCUT2D eigenvalue weighted by Gasteiger charge is -2.46. The van der Waals surface area contributed by atoms with E-state index in [1.807, 2.05) is 6.92 Å². The molecular weight excluding hydrogens is 594 g/mol. The van der Waals surface area contributed by atoms with E-state index in [0.717, 1.165) is 32.1 Å². The van der Waals surface area contributed by atoms with Crippen molar-refractivity contribution in [3.63, 3.8) is 0 Å². The molecule has 2 aliphatic heterocycles. The van der Waals surface area contributed by atoms with Crippen molar-refractivity contribution in [1.29, 1.82) is 0 Å². The molecule has 0 spiro atoms. The van der Waals surface area contributed by atoms with Crippen molar-refractivity contribution in [2.24, 2.45) is 0 Å². The number of hydrogen-bond acceptors (Lipinski definition) is 13. The molecule has 45 heavy (non-hydrogen) atoms. The Morgan fingerprint density at radius 1 is 0.778 bits per heavy atom. The van der Waals surface area contributed by atoms with E-state index < -0.39 is 86.8 Å². The van der Waals surface area contributed by atoms with Crippen LogP contribution in [0.15, 0.2) is 12.2 Å². The normalized spacial score (nSPS) is 33.7. The number of aliphatic hydroxyl groups excluding tert-OH is 8. The van der Waals surface area contributed by atoms with Crippen molar-refractivity contribution in [3.8, 4) is 0 Å². The molecule has 0 saturated carbocycles. The second kappa shape index (κ2) is 21.6. The van der Waals surface area contributed by atoms with E-state index in [2.05, 4.69) is 12.2 Å². The summed E-state index contributed by atoms with van der Waals surface area (Å²) in [6.07, 6.45) is -3.03. The minimum Gasteiger partial charge on any atom is -0.394 e. The van der Waals surface area contributed by atoms with Crippen molar-refractivity contribution in [2.75, 3.05) is 19.8 Å². The molecule has 0 bridgehead atoms. The minimum absolute atomic E-state index is 0.260. The molecule has 2 fully saturated rings. The standard InChI is InChI=1S/C31H57NO13/c1-3-5-7-8-9-10-11-13-15-23(36)32-19(20(35)14-12-6-4-2)18-42-30-28(41)26(39)29(22(17-34)44-30)45-31-27(40)25(38)24(37)21(16-33)43-31/h12,14,19-22,24-31,33-35,37-41H,3-11,13,15-18H2,1-2H3,(H,32,36)/b14-12+. The zero-order valence-corrected chi connectivity index (χ0v) is 26.6. The van der Waals surface area contributed by atoms with Gasteiger partial charge in [0, 0.05) is 6.42 Å². The highest BCUT2D eigenvalue weighted by Gasteiger charge is 2.50. The Balaban J connectivity index is 1.98. The number of ether oxygens (including phenoxy) is 4. The molecule has 0 aromatic carbocycles. The summed E-state index contributed by atoms with van der Waals surface area (Å²) < 4.78 is 22.2. The lowest BCUT2D eigenvalue weighted by molar-refractivity contribution is -0.359. The van der Waals surface area contributed by atoms with Crippen molar-refractivity contribution < 1.29 is 64.6 Å². The molecule has 9 N–H and O–H groups in total. The Morgan fingerprint density at radius 2 is 1.38 bits per heavy atom. The summed E-state index contributed by atoms with van der Waals surface area (Å²) in [6.45, 7) is 2.45. The van der Waals surface area contributed by atoms with E-state index in [-0.39, 0.29) is 18.9 Å². The molecule has 14 nitrogen and oxygen atoms in total. The number of aliphatic hydroxyl groups is 8. The van der Waals surface area contributed by atoms with Crippen LogP contribution in [0.1, 0.15) is 84.5 Å². The van der Waals surface area contributed by atoms with Crippen LogP contribution in [0.2, 0.25) is 0 Å². The van der Waals surface area contributed by atoms with Crippen LogP contribution in [0.4, 0.5) is 0 Å². The Kier molecular flexibility index (Phi) is 19.1. The van der Waals surface area contributed by atoms with Gasteiger partial charge in [-0.25, -0.2) is 0 Å². The third kappa shape index (κ3) is 12.7. The first-order valence-electron chi connectivity index (χ1n) is 16.4. The maximum Gasteiger partial charge on any atom is 0.220 e. The maximum atomic E-state index is 12.7. The Labute approximate surface area is 266 Å². The second-order valence-electron chi connectivity index (χ2n) is 11.9. The lowest BCUT2D eigenvalue weighted by Crippen LogP contribution is -2.65. The summed E-state index contributed by atoms with van der Waals surface area (Å²) in [5.41, 5.74) is 0. The van der Waals surface area contributed by atoms with Crippen LogP contribution < -0.4 is 5.32 Å². The quantitative estimate of drug-likeness (QED) is 0.0557. The molecule has 2 heterocycles. The minimum atomic E-state index is -1.78. The molecule has 264 valence electrons. The smallest absolute Gasteiger partial charge is 0.220 e. The van der Waals surface area contributed by atoms with Gasteiger partial charge in [-0.15, -0.1) is 0 Å². The van der Waals surface area contributed by atoms with E-state index in [0.29, 0.717) is 6.42 Å². The fourth-order valence-corrected chi connectivity index (χ4v) is 5.35. The van der Waals surface area contributed by atoms with Crippen molar-refractivity contribution in [3.05, 3.63) is 12.2 Å². The van der Waals surface area contributed by atoms with Crippen LogP contribution >= 0.6 is 0 Å². The third-order valence-electron chi connectivity index (χ3n) is 8.21. The van der Waals surface area contributed by atoms with E-state index >= 15 is 0 Å². The van der Waals surface area contributed by atoms with Gasteiger partial charge in [0.1, 0.15) is 48.8 Å². The van der Waals surface area contributed by atoms with Crippen LogP contribution in [0.3, 0.4) is 0 Å². The van der Waals surface area contributed by atoms with Crippen LogP contribution in [0.5, 0.6) is 0 Å². The van der Waals surface area contributed by atoms with Gasteiger partial charge < -0.3 is 65.1 Å². The second-order valence-corrected chi connectivity index (χ2v) is 11.9. The summed E-state index contributed by atoms with van der Waals surface area (Å²) in [5.74, 6) is -0.260. The number of amides is 1. The number of nitrogens with one attached hydrogen (secondary N) is 1. The first-order chi connectivity index (χ1) is 21.6. The number of hydrogen-bond donors (Lipinski definition) is 9. The molecule has 0 aromatic heterocycles. The molecule has 2 aliphatic rings. The molecule has 1 amide bonds. The van der Waals surface area contributed by atoms with Crippen molar-refractivity contribution >= 4 is 5.91 Å². The van der Waals surface area contributed by atoms with Gasteiger partial charge in [-0.05, 0) is 12.8 Å². The average molecular weight is 652 g/mol. The number of rotatable bonds is 21. The van der Waals surface area contributed by atoms with Gasteiger partial charge in [0.15, 0.2) is 12.6 Å². The first kappa shape index (κ1) is 39.9. The van der Waals surface area contributed by atoms with Crippen LogP contribution in [0, 0.1) is 0 Å². The number of carbonyl (C=O) groups excluding carboxylic acids is 1. The average Bonchev–Trinajstić information content (AvgIpc) is 3.03. The third-order valence-corrected chi connectivity index (χ3v) is 8.21. The van der Waals surface area contributed by atoms with Gasteiger partial charge in [0.2, 0.25) is 5.91 Å². The zero-order chi connectivity index (χ0) is 33.4. The monoisotopic (exact) mass is 651 g/mol. The lowest BCUT2D eigenvalue weighted by atomic mass is 9.97. The predicted molar refractivity (Wildman–Crippen MR) is 162 cm³/mol. The van der Waals surface area contributed by atoms with Crippen LogP contribution in [-0.2, 0) is 23.7 Å². The van der Waals surface area contributed by atoms with Gasteiger partial charge in [-0.3, -0.25) is 4.79 Å². The zero-order valence-electron chi connectivity index (χ0n) is 26.6. The fourth-order valence-electron chi connectivity index (χ4n) is 5.35. The summed E-state index contributed by atoms with van der Waals surface area (Å²) in [7, 11) is 0. The predicted octanol–water partition coefficient (Wildman–Crippen LogP) is -0.640. The highest BCUT2D eigenvalue weighted by molar-refractivity contribution is 5.76. The molecule has 0 aromatic rings. The van der Waals surface area contributed by atoms with Gasteiger partial charge in [-0.2, -0.15) is 0 Å². The molecule has 2 saturated heterocycles. The van der Waals surface area contributed by atoms with E-state index in [1.165, 1.54) is 25.7 Å². The molecular formula is C31H57NO13. The summed E-state index contributed by atoms with van der Waals surface area (Å²) >= 11 is 0. The topological polar surface area (TPSA) is 228 Å². The Bertz CT molecular complexity index is 831. The Hall–Kier alpha value is -1.27. The van der Waals surface area contributed by atoms with E-state index in [1.54, 1.807) is 12.2 Å². The molecule has 12 atom stereocenters. The maximum absolute atomic E-state index is 12.7. The highest BCUT2D eigenvalue weighted by atomic mass is 16.7. The largest absolute Gasteiger partial charge is 0.394 e. The molecule has 0 radical (unpaired) electrons. The van der Waals surface area contributed by atoms with Crippen LogP contribution in [-0.4, -0.2) is 140 Å².